The quantitative estimate of drug-likeness (QED) is 0.309. The van der Waals surface area contributed by atoms with Crippen LogP contribution in [0.15, 0.2) is 12.2 Å². The first-order valence-corrected chi connectivity index (χ1v) is 4.00. The van der Waals surface area contributed by atoms with Crippen LogP contribution in [0.3, 0.4) is 0 Å². The molecule has 0 radical (unpaired) electrons. The summed E-state index contributed by atoms with van der Waals surface area (Å²) in [5.74, 6) is 2.61. The molecule has 56 valence electrons. The Kier molecular flexibility index (Phi) is 7.72. The van der Waals surface area contributed by atoms with E-state index >= 15 is 0 Å². The zero-order chi connectivity index (χ0) is 7.66. The van der Waals surface area contributed by atoms with E-state index in [9.17, 15) is 0 Å². The first kappa shape index (κ1) is 9.30. The highest BCUT2D eigenvalue weighted by atomic mass is 13.8. The molecule has 0 heteroatoms. The number of unbranched alkanes of at least 4 members (excludes halogenated alkanes) is 3. The molecule has 0 aromatic carbocycles. The fraction of sp³-hybridized carbons (Fsp3) is 0.600. The molecule has 0 heterocycles. The maximum absolute atomic E-state index is 5.09. The number of rotatable bonds is 5. The van der Waals surface area contributed by atoms with Crippen LogP contribution < -0.4 is 0 Å². The second kappa shape index (κ2) is 8.30. The van der Waals surface area contributed by atoms with Gasteiger partial charge in [0, 0.05) is 6.42 Å². The van der Waals surface area contributed by atoms with E-state index in [4.69, 9.17) is 6.42 Å². The van der Waals surface area contributed by atoms with Crippen LogP contribution in [0.25, 0.3) is 0 Å². The summed E-state index contributed by atoms with van der Waals surface area (Å²) in [5.41, 5.74) is 0. The summed E-state index contributed by atoms with van der Waals surface area (Å²) in [6, 6.07) is 0. The van der Waals surface area contributed by atoms with Gasteiger partial charge in [0.25, 0.3) is 0 Å². The van der Waals surface area contributed by atoms with Crippen LogP contribution in [0.2, 0.25) is 0 Å². The lowest BCUT2D eigenvalue weighted by molar-refractivity contribution is 0.812. The molecule has 0 unspecified atom stereocenters. The van der Waals surface area contributed by atoms with E-state index in [1.165, 1.54) is 19.3 Å². The van der Waals surface area contributed by atoms with E-state index in [-0.39, 0.29) is 0 Å². The average Bonchev–Trinajstić information content (AvgIpc) is 1.97. The summed E-state index contributed by atoms with van der Waals surface area (Å²) in [4.78, 5) is 0. The summed E-state index contributed by atoms with van der Waals surface area (Å²) < 4.78 is 0. The normalized spacial score (nSPS) is 10.0. The molecule has 0 atom stereocenters. The van der Waals surface area contributed by atoms with E-state index < -0.39 is 0 Å². The van der Waals surface area contributed by atoms with Gasteiger partial charge in [-0.3, -0.25) is 0 Å². The van der Waals surface area contributed by atoms with Crippen LogP contribution >= 0.6 is 0 Å². The number of hydrogen-bond acceptors (Lipinski definition) is 0. The van der Waals surface area contributed by atoms with Crippen LogP contribution in [0.4, 0.5) is 0 Å². The topological polar surface area (TPSA) is 0 Å². The van der Waals surface area contributed by atoms with Crippen LogP contribution in [-0.4, -0.2) is 0 Å². The van der Waals surface area contributed by atoms with E-state index in [0.29, 0.717) is 0 Å². The van der Waals surface area contributed by atoms with Gasteiger partial charge in [0.2, 0.25) is 0 Å². The van der Waals surface area contributed by atoms with Crippen molar-refractivity contribution in [1.82, 2.24) is 0 Å². The lowest BCUT2D eigenvalue weighted by atomic mass is 10.2. The zero-order valence-corrected chi connectivity index (χ0v) is 6.77. The largest absolute Gasteiger partial charge is 0.120 e. The average molecular weight is 136 g/mol. The van der Waals surface area contributed by atoms with Gasteiger partial charge in [0.05, 0.1) is 0 Å². The van der Waals surface area contributed by atoms with Crippen molar-refractivity contribution in [2.75, 3.05) is 0 Å². The number of allylic oxidation sites excluding steroid dienone is 2. The number of hydrogen-bond donors (Lipinski definition) is 0. The maximum Gasteiger partial charge on any atom is 0.0121 e. The molecule has 0 N–H and O–H groups in total. The van der Waals surface area contributed by atoms with Gasteiger partial charge in [-0.15, -0.1) is 12.3 Å². The summed E-state index contributed by atoms with van der Waals surface area (Å²) in [7, 11) is 0. The predicted octanol–water partition coefficient (Wildman–Crippen LogP) is 3.15. The highest BCUT2D eigenvalue weighted by Gasteiger charge is 1.77. The third-order valence-electron chi connectivity index (χ3n) is 1.35. The SMILES string of the molecule is C#CCCC=CCCCC. The van der Waals surface area contributed by atoms with Gasteiger partial charge in [0.15, 0.2) is 0 Å². The Morgan fingerprint density at radius 1 is 1.30 bits per heavy atom. The molecule has 0 saturated heterocycles. The van der Waals surface area contributed by atoms with E-state index in [1.54, 1.807) is 0 Å². The van der Waals surface area contributed by atoms with Crippen molar-refractivity contribution in [3.63, 3.8) is 0 Å². The van der Waals surface area contributed by atoms with Crippen molar-refractivity contribution in [2.24, 2.45) is 0 Å². The lowest BCUT2D eigenvalue weighted by Gasteiger charge is -1.87. The molecular weight excluding hydrogens is 120 g/mol. The van der Waals surface area contributed by atoms with Crippen molar-refractivity contribution in [1.29, 1.82) is 0 Å². The summed E-state index contributed by atoms with van der Waals surface area (Å²) in [5, 5.41) is 0. The molecule has 0 spiro atoms. The lowest BCUT2D eigenvalue weighted by Crippen LogP contribution is -1.67. The fourth-order valence-corrected chi connectivity index (χ4v) is 0.724. The first-order valence-electron chi connectivity index (χ1n) is 4.00. The highest BCUT2D eigenvalue weighted by Crippen LogP contribution is 1.96. The molecular formula is C10H16. The molecule has 0 fully saturated rings. The monoisotopic (exact) mass is 136 g/mol. The fourth-order valence-electron chi connectivity index (χ4n) is 0.724. The van der Waals surface area contributed by atoms with Gasteiger partial charge < -0.3 is 0 Å². The second-order valence-electron chi connectivity index (χ2n) is 2.36. The van der Waals surface area contributed by atoms with E-state index in [2.05, 4.69) is 25.0 Å². The van der Waals surface area contributed by atoms with Gasteiger partial charge in [0.1, 0.15) is 0 Å². The molecule has 10 heavy (non-hydrogen) atoms. The summed E-state index contributed by atoms with van der Waals surface area (Å²) in [6.45, 7) is 2.20. The molecule has 0 aliphatic rings. The minimum absolute atomic E-state index is 0.878. The van der Waals surface area contributed by atoms with Crippen LogP contribution in [-0.2, 0) is 0 Å². The van der Waals surface area contributed by atoms with Crippen molar-refractivity contribution in [3.05, 3.63) is 12.2 Å². The first-order chi connectivity index (χ1) is 4.91. The maximum atomic E-state index is 5.09. The van der Waals surface area contributed by atoms with Crippen LogP contribution in [0.1, 0.15) is 39.0 Å². The molecule has 0 nitrogen and oxygen atoms in total. The van der Waals surface area contributed by atoms with E-state index in [1.807, 2.05) is 0 Å². The van der Waals surface area contributed by atoms with Gasteiger partial charge in [-0.25, -0.2) is 0 Å². The smallest absolute Gasteiger partial charge is 0.0121 e. The van der Waals surface area contributed by atoms with Crippen molar-refractivity contribution < 1.29 is 0 Å². The van der Waals surface area contributed by atoms with Crippen LogP contribution in [0, 0.1) is 12.3 Å². The van der Waals surface area contributed by atoms with Crippen LogP contribution in [0.5, 0.6) is 0 Å². The third kappa shape index (κ3) is 7.30. The molecule has 0 aliphatic heterocycles. The van der Waals surface area contributed by atoms with Gasteiger partial charge in [-0.2, -0.15) is 0 Å². The Bertz CT molecular complexity index is 114. The molecule has 0 saturated carbocycles. The predicted molar refractivity (Wildman–Crippen MR) is 46.7 cm³/mol. The Morgan fingerprint density at radius 2 is 2.00 bits per heavy atom. The molecule has 0 bridgehead atoms. The molecule has 0 aliphatic carbocycles. The van der Waals surface area contributed by atoms with Gasteiger partial charge >= 0.3 is 0 Å². The minimum atomic E-state index is 0.878. The van der Waals surface area contributed by atoms with Gasteiger partial charge in [-0.05, 0) is 12.8 Å². The Balaban J connectivity index is 2.98. The molecule has 0 rings (SSSR count). The second-order valence-corrected chi connectivity index (χ2v) is 2.36. The molecule has 0 aromatic heterocycles. The van der Waals surface area contributed by atoms with Crippen molar-refractivity contribution in [3.8, 4) is 12.3 Å². The Morgan fingerprint density at radius 3 is 2.60 bits per heavy atom. The van der Waals surface area contributed by atoms with Crippen molar-refractivity contribution in [2.45, 2.75) is 39.0 Å². The standard InChI is InChI=1S/C10H16/c1-3-5-7-9-10-8-6-4-2/h1,9-10H,4-8H2,2H3. The zero-order valence-electron chi connectivity index (χ0n) is 6.77. The summed E-state index contributed by atoms with van der Waals surface area (Å²) in [6.07, 6.45) is 15.2. The summed E-state index contributed by atoms with van der Waals surface area (Å²) >= 11 is 0. The Hall–Kier alpha value is -0.700. The highest BCUT2D eigenvalue weighted by molar-refractivity contribution is 4.90. The Labute approximate surface area is 64.3 Å². The van der Waals surface area contributed by atoms with E-state index in [0.717, 1.165) is 12.8 Å². The third-order valence-corrected chi connectivity index (χ3v) is 1.35. The molecule has 0 amide bonds. The molecule has 0 aromatic rings. The van der Waals surface area contributed by atoms with Gasteiger partial charge in [-0.1, -0.05) is 31.9 Å². The minimum Gasteiger partial charge on any atom is -0.120 e. The number of terminal acetylenes is 1. The van der Waals surface area contributed by atoms with Crippen molar-refractivity contribution >= 4 is 0 Å².